The second-order valence-corrected chi connectivity index (χ2v) is 8.97. The first-order valence-corrected chi connectivity index (χ1v) is 11.9. The summed E-state index contributed by atoms with van der Waals surface area (Å²) in [4.78, 5) is 30.3. The van der Waals surface area contributed by atoms with Gasteiger partial charge in [-0.25, -0.2) is 0 Å². The van der Waals surface area contributed by atoms with Gasteiger partial charge in [0.05, 0.1) is 11.4 Å². The quantitative estimate of drug-likeness (QED) is 0.614. The van der Waals surface area contributed by atoms with Crippen LogP contribution in [-0.4, -0.2) is 58.9 Å². The lowest BCUT2D eigenvalue weighted by Crippen LogP contribution is -2.47. The van der Waals surface area contributed by atoms with Gasteiger partial charge in [0.2, 0.25) is 11.8 Å². The van der Waals surface area contributed by atoms with Crippen LogP contribution in [0.25, 0.3) is 16.5 Å². The zero-order chi connectivity index (χ0) is 22.1. The van der Waals surface area contributed by atoms with Gasteiger partial charge in [-0.05, 0) is 56.5 Å². The molecule has 0 bridgehead atoms. The molecule has 5 nitrogen and oxygen atoms in total. The molecular formula is C26H35N3O2. The minimum Gasteiger partial charge on any atom is -0.343 e. The normalized spacial score (nSPS) is 20.5. The molecule has 1 amide bonds. The summed E-state index contributed by atoms with van der Waals surface area (Å²) in [6.45, 7) is 8.46. The third kappa shape index (κ3) is 3.84. The van der Waals surface area contributed by atoms with Crippen molar-refractivity contribution < 1.29 is 9.59 Å². The third-order valence-electron chi connectivity index (χ3n) is 7.04. The fraction of sp³-hybridized carbons (Fsp3) is 0.538. The number of nitrogens with zero attached hydrogens (tertiary/aromatic N) is 3. The lowest BCUT2D eigenvalue weighted by Gasteiger charge is -2.40. The van der Waals surface area contributed by atoms with Crippen LogP contribution in [-0.2, 0) is 11.2 Å². The van der Waals surface area contributed by atoms with E-state index < -0.39 is 0 Å². The highest BCUT2D eigenvalue weighted by Gasteiger charge is 2.37. The second kappa shape index (κ2) is 8.99. The van der Waals surface area contributed by atoms with Crippen LogP contribution in [0.15, 0.2) is 30.5 Å². The first kappa shape index (κ1) is 21.8. The molecule has 5 heteroatoms. The number of benzene rings is 1. The first-order chi connectivity index (χ1) is 15.0. The number of unbranched alkanes of at least 4 members (excludes halogenated alkanes) is 2. The van der Waals surface area contributed by atoms with Crippen LogP contribution in [0, 0.1) is 5.92 Å². The van der Waals surface area contributed by atoms with E-state index in [0.717, 1.165) is 50.8 Å². The van der Waals surface area contributed by atoms with E-state index in [1.54, 1.807) is 0 Å². The summed E-state index contributed by atoms with van der Waals surface area (Å²) in [5, 5.41) is 1.19. The highest BCUT2D eigenvalue weighted by molar-refractivity contribution is 6.03. The van der Waals surface area contributed by atoms with E-state index in [9.17, 15) is 9.59 Å². The van der Waals surface area contributed by atoms with Crippen molar-refractivity contribution in [3.05, 3.63) is 41.6 Å². The molecule has 0 unspecified atom stereocenters. The number of fused-ring (bicyclic) bond motifs is 2. The number of likely N-dealkylation sites (N-methyl/N-ethyl adjacent to an activating group) is 1. The number of aromatic nitrogens is 1. The molecule has 2 aromatic rings. The van der Waals surface area contributed by atoms with Crippen molar-refractivity contribution in [1.29, 1.82) is 0 Å². The SMILES string of the molecule is CCCCCC(=O)n1cc2c3c(cccc31)C1=C[C@@H](C(=O)N(CC)CC)CN(C)[C@@H]1C2. The van der Waals surface area contributed by atoms with E-state index in [-0.39, 0.29) is 23.8 Å². The second-order valence-electron chi connectivity index (χ2n) is 8.97. The van der Waals surface area contributed by atoms with Gasteiger partial charge < -0.3 is 4.90 Å². The minimum absolute atomic E-state index is 0.120. The largest absolute Gasteiger partial charge is 0.343 e. The summed E-state index contributed by atoms with van der Waals surface area (Å²) in [5.41, 5.74) is 4.69. The molecule has 4 rings (SSSR count). The van der Waals surface area contributed by atoms with E-state index in [1.165, 1.54) is 22.1 Å². The standard InChI is InChI=1S/C26H35N3O2/c1-5-8-9-13-24(30)29-17-18-15-23-21(20-11-10-12-22(29)25(18)20)14-19(16-27(23)4)26(31)28(6-2)7-3/h10-12,14,17,19,23H,5-9,13,15-16H2,1-4H3/t19-,23-/m1/s1. The van der Waals surface area contributed by atoms with Gasteiger partial charge >= 0.3 is 0 Å². The fourth-order valence-electron chi connectivity index (χ4n) is 5.33. The predicted molar refractivity (Wildman–Crippen MR) is 126 cm³/mol. The Labute approximate surface area is 185 Å². The Morgan fingerprint density at radius 2 is 1.90 bits per heavy atom. The highest BCUT2D eigenvalue weighted by Crippen LogP contribution is 2.42. The van der Waals surface area contributed by atoms with Gasteiger partial charge in [0, 0.05) is 43.7 Å². The van der Waals surface area contributed by atoms with Gasteiger partial charge in [-0.1, -0.05) is 38.0 Å². The van der Waals surface area contributed by atoms with Gasteiger partial charge in [-0.3, -0.25) is 19.1 Å². The van der Waals surface area contributed by atoms with E-state index in [2.05, 4.69) is 49.3 Å². The van der Waals surface area contributed by atoms with Gasteiger partial charge in [-0.2, -0.15) is 0 Å². The molecule has 2 heterocycles. The maximum Gasteiger partial charge on any atom is 0.231 e. The van der Waals surface area contributed by atoms with Gasteiger partial charge in [0.1, 0.15) is 0 Å². The molecule has 31 heavy (non-hydrogen) atoms. The van der Waals surface area contributed by atoms with E-state index in [1.807, 2.05) is 23.3 Å². The van der Waals surface area contributed by atoms with Crippen molar-refractivity contribution in [3.63, 3.8) is 0 Å². The van der Waals surface area contributed by atoms with Crippen LogP contribution in [0.1, 0.15) is 62.4 Å². The van der Waals surface area contributed by atoms with Crippen LogP contribution in [0.4, 0.5) is 0 Å². The molecular weight excluding hydrogens is 386 g/mol. The molecule has 0 spiro atoms. The monoisotopic (exact) mass is 421 g/mol. The summed E-state index contributed by atoms with van der Waals surface area (Å²) < 4.78 is 1.88. The average Bonchev–Trinajstić information content (AvgIpc) is 3.15. The number of carbonyl (C=O) groups is 2. The van der Waals surface area contributed by atoms with Gasteiger partial charge in [0.15, 0.2) is 0 Å². The summed E-state index contributed by atoms with van der Waals surface area (Å²) in [6.07, 6.45) is 8.90. The molecule has 1 aliphatic heterocycles. The van der Waals surface area contributed by atoms with E-state index >= 15 is 0 Å². The Balaban J connectivity index is 1.74. The minimum atomic E-state index is -0.120. The Morgan fingerprint density at radius 1 is 1.13 bits per heavy atom. The summed E-state index contributed by atoms with van der Waals surface area (Å²) >= 11 is 0. The van der Waals surface area contributed by atoms with E-state index in [4.69, 9.17) is 0 Å². The molecule has 0 saturated carbocycles. The summed E-state index contributed by atoms with van der Waals surface area (Å²) in [5.74, 6) is 0.277. The number of hydrogen-bond donors (Lipinski definition) is 0. The van der Waals surface area contributed by atoms with Crippen LogP contribution < -0.4 is 0 Å². The number of amides is 1. The molecule has 2 atom stereocenters. The predicted octanol–water partition coefficient (Wildman–Crippen LogP) is 4.60. The highest BCUT2D eigenvalue weighted by atomic mass is 16.2. The van der Waals surface area contributed by atoms with Crippen molar-refractivity contribution >= 4 is 28.3 Å². The van der Waals surface area contributed by atoms with Crippen molar-refractivity contribution in [2.45, 2.75) is 58.9 Å². The molecule has 0 radical (unpaired) electrons. The zero-order valence-corrected chi connectivity index (χ0v) is 19.4. The smallest absolute Gasteiger partial charge is 0.231 e. The topological polar surface area (TPSA) is 45.6 Å². The van der Waals surface area contributed by atoms with Gasteiger partial charge in [0.25, 0.3) is 0 Å². The molecule has 0 fully saturated rings. The fourth-order valence-corrected chi connectivity index (χ4v) is 5.33. The van der Waals surface area contributed by atoms with Crippen LogP contribution in [0.5, 0.6) is 0 Å². The molecule has 1 aromatic carbocycles. The van der Waals surface area contributed by atoms with Crippen molar-refractivity contribution in [2.24, 2.45) is 5.92 Å². The van der Waals surface area contributed by atoms with Crippen molar-refractivity contribution in [3.8, 4) is 0 Å². The number of rotatable bonds is 7. The Hall–Kier alpha value is -2.40. The number of carbonyl (C=O) groups excluding carboxylic acids is 2. The molecule has 0 saturated heterocycles. The molecule has 1 aliphatic carbocycles. The Morgan fingerprint density at radius 3 is 2.61 bits per heavy atom. The van der Waals surface area contributed by atoms with E-state index in [0.29, 0.717) is 6.42 Å². The summed E-state index contributed by atoms with van der Waals surface area (Å²) in [6, 6.07) is 6.53. The Kier molecular flexibility index (Phi) is 6.33. The lowest BCUT2D eigenvalue weighted by molar-refractivity contribution is -0.134. The maximum atomic E-state index is 13.1. The third-order valence-corrected chi connectivity index (χ3v) is 7.04. The van der Waals surface area contributed by atoms with Crippen LogP contribution >= 0.6 is 0 Å². The first-order valence-electron chi connectivity index (χ1n) is 11.9. The molecule has 2 aliphatic rings. The van der Waals surface area contributed by atoms with Crippen LogP contribution in [0.3, 0.4) is 0 Å². The molecule has 166 valence electrons. The summed E-state index contributed by atoms with van der Waals surface area (Å²) in [7, 11) is 2.12. The van der Waals surface area contributed by atoms with Crippen molar-refractivity contribution in [2.75, 3.05) is 26.7 Å². The van der Waals surface area contributed by atoms with Gasteiger partial charge in [-0.15, -0.1) is 0 Å². The number of hydrogen-bond acceptors (Lipinski definition) is 3. The van der Waals surface area contributed by atoms with Crippen LogP contribution in [0.2, 0.25) is 0 Å². The lowest BCUT2D eigenvalue weighted by atomic mass is 9.79. The van der Waals surface area contributed by atoms with Crippen molar-refractivity contribution in [1.82, 2.24) is 14.4 Å². The average molecular weight is 422 g/mol. The Bertz CT molecular complexity index is 1020. The molecule has 1 aromatic heterocycles. The molecule has 0 N–H and O–H groups in total. The maximum absolute atomic E-state index is 13.1. The zero-order valence-electron chi connectivity index (χ0n) is 19.4.